The van der Waals surface area contributed by atoms with Gasteiger partial charge in [0.1, 0.15) is 0 Å². The quantitative estimate of drug-likeness (QED) is 0.597. The molecule has 1 unspecified atom stereocenters. The molecule has 1 atom stereocenters. The summed E-state index contributed by atoms with van der Waals surface area (Å²) in [6.45, 7) is 3.39. The molecule has 0 spiro atoms. The number of carbonyl (C=O) groups excluding carboxylic acids is 1. The molecule has 0 bridgehead atoms. The SMILES string of the molecule is C=CC(=O)NC1CC=C(I)C1. The van der Waals surface area contributed by atoms with Crippen LogP contribution in [-0.2, 0) is 4.79 Å². The standard InChI is InChI=1S/C8H10INO/c1-2-8(11)10-7-4-3-6(9)5-7/h2-3,7H,1,4-5H2,(H,10,11). The van der Waals surface area contributed by atoms with E-state index in [1.807, 2.05) is 0 Å². The third-order valence-corrected chi connectivity index (χ3v) is 2.48. The van der Waals surface area contributed by atoms with E-state index in [0.29, 0.717) is 6.04 Å². The van der Waals surface area contributed by atoms with Crippen LogP contribution in [0.5, 0.6) is 0 Å². The monoisotopic (exact) mass is 263 g/mol. The maximum atomic E-state index is 10.8. The van der Waals surface area contributed by atoms with E-state index < -0.39 is 0 Å². The molecule has 2 nitrogen and oxygen atoms in total. The van der Waals surface area contributed by atoms with Gasteiger partial charge >= 0.3 is 0 Å². The van der Waals surface area contributed by atoms with Crippen molar-refractivity contribution in [1.82, 2.24) is 5.32 Å². The predicted molar refractivity (Wildman–Crippen MR) is 53.5 cm³/mol. The van der Waals surface area contributed by atoms with Gasteiger partial charge in [-0.05, 0) is 45.1 Å². The molecule has 1 amide bonds. The van der Waals surface area contributed by atoms with Gasteiger partial charge < -0.3 is 5.32 Å². The lowest BCUT2D eigenvalue weighted by atomic mass is 10.2. The Morgan fingerprint density at radius 2 is 2.64 bits per heavy atom. The first-order valence-electron chi connectivity index (χ1n) is 3.50. The molecule has 0 aromatic rings. The van der Waals surface area contributed by atoms with Gasteiger partial charge in [0.05, 0.1) is 0 Å². The summed E-state index contributed by atoms with van der Waals surface area (Å²) in [6, 6.07) is 0.299. The Hall–Kier alpha value is -0.320. The maximum absolute atomic E-state index is 10.8. The van der Waals surface area contributed by atoms with E-state index in [2.05, 4.69) is 40.6 Å². The lowest BCUT2D eigenvalue weighted by molar-refractivity contribution is -0.117. The molecule has 60 valence electrons. The first-order valence-corrected chi connectivity index (χ1v) is 4.57. The highest BCUT2D eigenvalue weighted by atomic mass is 127. The van der Waals surface area contributed by atoms with Crippen molar-refractivity contribution in [2.75, 3.05) is 0 Å². The average Bonchev–Trinajstić information content (AvgIpc) is 2.35. The first kappa shape index (κ1) is 8.77. The summed E-state index contributed by atoms with van der Waals surface area (Å²) in [5.74, 6) is -0.0745. The highest BCUT2D eigenvalue weighted by Crippen LogP contribution is 2.23. The fourth-order valence-electron chi connectivity index (χ4n) is 1.04. The smallest absolute Gasteiger partial charge is 0.243 e. The third kappa shape index (κ3) is 2.65. The van der Waals surface area contributed by atoms with Gasteiger partial charge in [-0.25, -0.2) is 0 Å². The van der Waals surface area contributed by atoms with Crippen molar-refractivity contribution < 1.29 is 4.79 Å². The molecule has 1 aliphatic rings. The van der Waals surface area contributed by atoms with E-state index in [1.54, 1.807) is 0 Å². The second-order valence-electron chi connectivity index (χ2n) is 2.50. The van der Waals surface area contributed by atoms with Crippen LogP contribution in [0.3, 0.4) is 0 Å². The van der Waals surface area contributed by atoms with E-state index in [1.165, 1.54) is 9.66 Å². The van der Waals surface area contributed by atoms with Crippen LogP contribution in [0.1, 0.15) is 12.8 Å². The summed E-state index contributed by atoms with van der Waals surface area (Å²) >= 11 is 2.29. The van der Waals surface area contributed by atoms with Crippen LogP contribution in [0.15, 0.2) is 22.3 Å². The van der Waals surface area contributed by atoms with Gasteiger partial charge in [0.2, 0.25) is 5.91 Å². The Morgan fingerprint density at radius 3 is 3.09 bits per heavy atom. The molecule has 0 aliphatic heterocycles. The number of amides is 1. The van der Waals surface area contributed by atoms with Crippen LogP contribution in [-0.4, -0.2) is 11.9 Å². The zero-order valence-corrected chi connectivity index (χ0v) is 8.30. The van der Waals surface area contributed by atoms with E-state index in [4.69, 9.17) is 0 Å². The highest BCUT2D eigenvalue weighted by Gasteiger charge is 2.15. The summed E-state index contributed by atoms with van der Waals surface area (Å²) in [6.07, 6.45) is 5.39. The van der Waals surface area contributed by atoms with Crippen LogP contribution in [0.25, 0.3) is 0 Å². The number of hydrogen-bond acceptors (Lipinski definition) is 1. The molecule has 0 heterocycles. The molecule has 1 rings (SSSR count). The minimum absolute atomic E-state index is 0.0745. The number of rotatable bonds is 2. The molecule has 3 heteroatoms. The van der Waals surface area contributed by atoms with E-state index in [0.717, 1.165) is 12.8 Å². The van der Waals surface area contributed by atoms with Crippen molar-refractivity contribution in [2.45, 2.75) is 18.9 Å². The fraction of sp³-hybridized carbons (Fsp3) is 0.375. The molecule has 11 heavy (non-hydrogen) atoms. The van der Waals surface area contributed by atoms with E-state index in [9.17, 15) is 4.79 Å². The van der Waals surface area contributed by atoms with Crippen molar-refractivity contribution in [3.05, 3.63) is 22.3 Å². The molecule has 0 radical (unpaired) electrons. The van der Waals surface area contributed by atoms with E-state index >= 15 is 0 Å². The largest absolute Gasteiger partial charge is 0.349 e. The molecule has 0 saturated carbocycles. The van der Waals surface area contributed by atoms with Crippen molar-refractivity contribution in [2.24, 2.45) is 0 Å². The van der Waals surface area contributed by atoms with Crippen LogP contribution in [0, 0.1) is 0 Å². The molecular weight excluding hydrogens is 253 g/mol. The van der Waals surface area contributed by atoms with Gasteiger partial charge in [-0.15, -0.1) is 0 Å². The predicted octanol–water partition coefficient (Wildman–Crippen LogP) is 1.77. The summed E-state index contributed by atoms with van der Waals surface area (Å²) < 4.78 is 1.33. The van der Waals surface area contributed by atoms with Crippen LogP contribution < -0.4 is 5.32 Å². The lowest BCUT2D eigenvalue weighted by Gasteiger charge is -2.09. The molecular formula is C8H10INO. The van der Waals surface area contributed by atoms with Crippen LogP contribution >= 0.6 is 22.6 Å². The van der Waals surface area contributed by atoms with Gasteiger partial charge in [-0.2, -0.15) is 0 Å². The normalized spacial score (nSPS) is 22.6. The number of hydrogen-bond donors (Lipinski definition) is 1. The van der Waals surface area contributed by atoms with Gasteiger partial charge in [0.25, 0.3) is 0 Å². The average molecular weight is 263 g/mol. The van der Waals surface area contributed by atoms with Gasteiger partial charge in [0.15, 0.2) is 0 Å². The van der Waals surface area contributed by atoms with Gasteiger partial charge in [-0.1, -0.05) is 12.7 Å². The molecule has 1 aliphatic carbocycles. The Kier molecular flexibility index (Phi) is 3.11. The highest BCUT2D eigenvalue weighted by molar-refractivity contribution is 14.1. The van der Waals surface area contributed by atoms with Crippen LogP contribution in [0.2, 0.25) is 0 Å². The maximum Gasteiger partial charge on any atom is 0.243 e. The second-order valence-corrected chi connectivity index (χ2v) is 3.89. The van der Waals surface area contributed by atoms with Gasteiger partial charge in [0, 0.05) is 6.04 Å². The number of carbonyl (C=O) groups is 1. The molecule has 0 aromatic carbocycles. The topological polar surface area (TPSA) is 29.1 Å². The van der Waals surface area contributed by atoms with Gasteiger partial charge in [-0.3, -0.25) is 4.79 Å². The number of nitrogens with one attached hydrogen (secondary N) is 1. The second kappa shape index (κ2) is 3.90. The van der Waals surface area contributed by atoms with Crippen LogP contribution in [0.4, 0.5) is 0 Å². The zero-order chi connectivity index (χ0) is 8.27. The van der Waals surface area contributed by atoms with Crippen molar-refractivity contribution >= 4 is 28.5 Å². The summed E-state index contributed by atoms with van der Waals surface area (Å²) in [5, 5.41) is 2.85. The minimum Gasteiger partial charge on any atom is -0.349 e. The molecule has 0 fully saturated rings. The van der Waals surface area contributed by atoms with E-state index in [-0.39, 0.29) is 5.91 Å². The van der Waals surface area contributed by atoms with Crippen molar-refractivity contribution in [1.29, 1.82) is 0 Å². The lowest BCUT2D eigenvalue weighted by Crippen LogP contribution is -2.31. The number of halogens is 1. The first-order chi connectivity index (χ1) is 5.22. The summed E-state index contributed by atoms with van der Waals surface area (Å²) in [4.78, 5) is 10.8. The zero-order valence-electron chi connectivity index (χ0n) is 6.14. The molecule has 0 saturated heterocycles. The molecule has 1 N–H and O–H groups in total. The Bertz CT molecular complexity index is 210. The molecule has 0 aromatic heterocycles. The summed E-state index contributed by atoms with van der Waals surface area (Å²) in [7, 11) is 0. The van der Waals surface area contributed by atoms with Crippen molar-refractivity contribution in [3.8, 4) is 0 Å². The summed E-state index contributed by atoms with van der Waals surface area (Å²) in [5.41, 5.74) is 0. The van der Waals surface area contributed by atoms with Crippen molar-refractivity contribution in [3.63, 3.8) is 0 Å². The Labute approximate surface area is 79.9 Å². The third-order valence-electron chi connectivity index (χ3n) is 1.60. The fourth-order valence-corrected chi connectivity index (χ4v) is 1.83. The Balaban J connectivity index is 2.31. The Morgan fingerprint density at radius 1 is 1.91 bits per heavy atom. The minimum atomic E-state index is -0.0745.